The zero-order valence-corrected chi connectivity index (χ0v) is 9.48. The Morgan fingerprint density at radius 3 is 2.88 bits per heavy atom. The third kappa shape index (κ3) is 2.12. The predicted octanol–water partition coefficient (Wildman–Crippen LogP) is 3.20. The van der Waals surface area contributed by atoms with E-state index in [0.29, 0.717) is 0 Å². The van der Waals surface area contributed by atoms with Crippen LogP contribution in [0.1, 0.15) is 24.9 Å². The molecule has 82 valence electrons. The van der Waals surface area contributed by atoms with Crippen LogP contribution in [-0.2, 0) is 0 Å². The number of rotatable bonds is 3. The fraction of sp³-hybridized carbons (Fsp3) is 0.214. The normalized spacial score (nSPS) is 12.6. The van der Waals surface area contributed by atoms with Crippen LogP contribution in [0.15, 0.2) is 48.7 Å². The van der Waals surface area contributed by atoms with E-state index in [9.17, 15) is 0 Å². The van der Waals surface area contributed by atoms with Crippen molar-refractivity contribution in [3.63, 3.8) is 0 Å². The minimum Gasteiger partial charge on any atom is -0.324 e. The zero-order chi connectivity index (χ0) is 11.5. The van der Waals surface area contributed by atoms with Gasteiger partial charge in [-0.2, -0.15) is 0 Å². The van der Waals surface area contributed by atoms with Gasteiger partial charge in [0.15, 0.2) is 0 Å². The molecule has 2 heteroatoms. The van der Waals surface area contributed by atoms with E-state index in [1.807, 2.05) is 37.4 Å². The average Bonchev–Trinajstić information content (AvgIpc) is 2.27. The highest BCUT2D eigenvalue weighted by Gasteiger charge is 2.09. The lowest BCUT2D eigenvalue weighted by molar-refractivity contribution is 0.722. The van der Waals surface area contributed by atoms with Crippen LogP contribution >= 0.6 is 0 Å². The number of para-hydroxylation sites is 1. The van der Waals surface area contributed by atoms with Crippen LogP contribution in [0.2, 0.25) is 0 Å². The summed E-state index contributed by atoms with van der Waals surface area (Å²) in [6, 6.07) is 10.1. The summed E-state index contributed by atoms with van der Waals surface area (Å²) in [6.45, 7) is 5.91. The molecule has 0 amide bonds. The monoisotopic (exact) mass is 212 g/mol. The Labute approximate surface area is 95.8 Å². The largest absolute Gasteiger partial charge is 0.324 e. The lowest BCUT2D eigenvalue weighted by Gasteiger charge is -2.14. The molecule has 0 saturated carbocycles. The van der Waals surface area contributed by atoms with Crippen molar-refractivity contribution in [2.75, 3.05) is 0 Å². The third-order valence-electron chi connectivity index (χ3n) is 2.65. The number of nitrogens with zero attached hydrogens (tertiary/aromatic N) is 1. The van der Waals surface area contributed by atoms with E-state index in [-0.39, 0.29) is 6.04 Å². The number of pyridine rings is 1. The number of fused-ring (bicyclic) bond motifs is 1. The summed E-state index contributed by atoms with van der Waals surface area (Å²) >= 11 is 0. The van der Waals surface area contributed by atoms with Gasteiger partial charge in [0.25, 0.3) is 0 Å². The van der Waals surface area contributed by atoms with E-state index in [2.05, 4.69) is 17.6 Å². The smallest absolute Gasteiger partial charge is 0.0705 e. The van der Waals surface area contributed by atoms with Gasteiger partial charge in [0.05, 0.1) is 5.52 Å². The minimum absolute atomic E-state index is 0.00500. The van der Waals surface area contributed by atoms with Crippen molar-refractivity contribution < 1.29 is 0 Å². The molecule has 1 atom stereocenters. The lowest BCUT2D eigenvalue weighted by Crippen LogP contribution is -2.11. The number of benzene rings is 1. The van der Waals surface area contributed by atoms with Crippen LogP contribution in [-0.4, -0.2) is 4.98 Å². The Morgan fingerprint density at radius 1 is 1.38 bits per heavy atom. The van der Waals surface area contributed by atoms with Gasteiger partial charge in [-0.05, 0) is 31.0 Å². The molecule has 2 rings (SSSR count). The molecule has 1 aromatic carbocycles. The average molecular weight is 212 g/mol. The second kappa shape index (κ2) is 4.45. The first-order chi connectivity index (χ1) is 7.68. The van der Waals surface area contributed by atoms with Crippen molar-refractivity contribution in [3.8, 4) is 0 Å². The summed E-state index contributed by atoms with van der Waals surface area (Å²) in [4.78, 5) is 4.33. The Hall–Kier alpha value is -1.67. The molecule has 2 nitrogen and oxygen atoms in total. The van der Waals surface area contributed by atoms with E-state index in [0.717, 1.165) is 28.5 Å². The maximum Gasteiger partial charge on any atom is 0.0705 e. The Kier molecular flexibility index (Phi) is 3.02. The highest BCUT2D eigenvalue weighted by atomic mass is 14.7. The number of hydrogen-bond acceptors (Lipinski definition) is 2. The maximum absolute atomic E-state index is 6.17. The first-order valence-corrected chi connectivity index (χ1v) is 5.42. The second-order valence-corrected chi connectivity index (χ2v) is 4.19. The van der Waals surface area contributed by atoms with Crippen molar-refractivity contribution in [1.82, 2.24) is 4.98 Å². The summed E-state index contributed by atoms with van der Waals surface area (Å²) in [7, 11) is 0. The number of aromatic nitrogens is 1. The molecule has 0 spiro atoms. The van der Waals surface area contributed by atoms with Crippen LogP contribution in [0.5, 0.6) is 0 Å². The molecule has 0 aliphatic heterocycles. The summed E-state index contributed by atoms with van der Waals surface area (Å²) in [6.07, 6.45) is 2.63. The summed E-state index contributed by atoms with van der Waals surface area (Å²) in [5, 5.41) is 1.14. The van der Waals surface area contributed by atoms with Gasteiger partial charge < -0.3 is 5.73 Å². The van der Waals surface area contributed by atoms with Crippen molar-refractivity contribution in [2.24, 2.45) is 5.73 Å². The molecule has 16 heavy (non-hydrogen) atoms. The van der Waals surface area contributed by atoms with Gasteiger partial charge in [-0.25, -0.2) is 0 Å². The topological polar surface area (TPSA) is 38.9 Å². The van der Waals surface area contributed by atoms with Crippen molar-refractivity contribution in [1.29, 1.82) is 0 Å². The van der Waals surface area contributed by atoms with Gasteiger partial charge in [0.1, 0.15) is 0 Å². The molecule has 2 aromatic rings. The summed E-state index contributed by atoms with van der Waals surface area (Å²) in [5.41, 5.74) is 9.42. The van der Waals surface area contributed by atoms with E-state index < -0.39 is 0 Å². The lowest BCUT2D eigenvalue weighted by atomic mass is 9.98. The Balaban J connectivity index is 2.47. The van der Waals surface area contributed by atoms with Crippen LogP contribution < -0.4 is 5.73 Å². The molecule has 1 heterocycles. The predicted molar refractivity (Wildman–Crippen MR) is 68.1 cm³/mol. The fourth-order valence-corrected chi connectivity index (χ4v) is 1.93. The van der Waals surface area contributed by atoms with E-state index in [4.69, 9.17) is 5.73 Å². The van der Waals surface area contributed by atoms with Gasteiger partial charge >= 0.3 is 0 Å². The molecular weight excluding hydrogens is 196 g/mol. The maximum atomic E-state index is 6.17. The molecule has 0 radical (unpaired) electrons. The molecule has 0 fully saturated rings. The van der Waals surface area contributed by atoms with E-state index in [1.165, 1.54) is 0 Å². The van der Waals surface area contributed by atoms with Gasteiger partial charge in [-0.1, -0.05) is 23.8 Å². The molecule has 0 aliphatic rings. The molecule has 0 bridgehead atoms. The van der Waals surface area contributed by atoms with Crippen molar-refractivity contribution >= 4 is 10.9 Å². The van der Waals surface area contributed by atoms with Crippen molar-refractivity contribution in [3.05, 3.63) is 54.2 Å². The molecule has 1 aromatic heterocycles. The van der Waals surface area contributed by atoms with E-state index >= 15 is 0 Å². The molecule has 0 saturated heterocycles. The highest BCUT2D eigenvalue weighted by molar-refractivity contribution is 5.82. The minimum atomic E-state index is 0.00500. The molecule has 0 unspecified atom stereocenters. The third-order valence-corrected chi connectivity index (χ3v) is 2.65. The van der Waals surface area contributed by atoms with Crippen LogP contribution in [0.4, 0.5) is 0 Å². The zero-order valence-electron chi connectivity index (χ0n) is 9.48. The van der Waals surface area contributed by atoms with Gasteiger partial charge in [-0.15, -0.1) is 6.58 Å². The Morgan fingerprint density at radius 2 is 2.12 bits per heavy atom. The van der Waals surface area contributed by atoms with Crippen LogP contribution in [0.25, 0.3) is 10.9 Å². The summed E-state index contributed by atoms with van der Waals surface area (Å²) in [5.74, 6) is 0. The number of hydrogen-bond donors (Lipinski definition) is 1. The number of nitrogens with two attached hydrogens (primary N) is 1. The van der Waals surface area contributed by atoms with Crippen molar-refractivity contribution in [2.45, 2.75) is 19.4 Å². The molecular formula is C14H16N2. The second-order valence-electron chi connectivity index (χ2n) is 4.19. The highest BCUT2D eigenvalue weighted by Crippen LogP contribution is 2.24. The van der Waals surface area contributed by atoms with Crippen LogP contribution in [0.3, 0.4) is 0 Å². The van der Waals surface area contributed by atoms with Crippen LogP contribution in [0, 0.1) is 0 Å². The first kappa shape index (κ1) is 10.8. The quantitative estimate of drug-likeness (QED) is 0.793. The fourth-order valence-electron chi connectivity index (χ4n) is 1.93. The van der Waals surface area contributed by atoms with Gasteiger partial charge in [-0.3, -0.25) is 4.98 Å². The SMILES string of the molecule is C=C(C)C[C@@H](N)c1ccnc2ccccc12. The van der Waals surface area contributed by atoms with Gasteiger partial charge in [0, 0.05) is 17.6 Å². The first-order valence-electron chi connectivity index (χ1n) is 5.42. The molecule has 2 N–H and O–H groups in total. The summed E-state index contributed by atoms with van der Waals surface area (Å²) < 4.78 is 0. The standard InChI is InChI=1S/C14H16N2/c1-10(2)9-13(15)11-7-8-16-14-6-4-3-5-12(11)14/h3-8,13H,1,9,15H2,2H3/t13-/m1/s1. The van der Waals surface area contributed by atoms with E-state index in [1.54, 1.807) is 0 Å². The Bertz CT molecular complexity index is 512. The van der Waals surface area contributed by atoms with Gasteiger partial charge in [0.2, 0.25) is 0 Å². The molecule has 0 aliphatic carbocycles.